The van der Waals surface area contributed by atoms with Gasteiger partial charge in [-0.05, 0) is 24.7 Å². The number of nitrogen functional groups attached to an aromatic ring is 1. The molecule has 1 aliphatic rings. The molecule has 2 rings (SSSR count). The van der Waals surface area contributed by atoms with Crippen molar-refractivity contribution in [1.82, 2.24) is 15.1 Å². The number of aryl methyl sites for hydroxylation is 1. The standard InChI is InChI=1S/C12H20N4O/c1-8-3-4-9(5-8)6-14-12(17)11-10(13)7-16(2)15-11/h7-9H,3-6,13H2,1-2H3,(H,14,17). The van der Waals surface area contributed by atoms with Crippen LogP contribution in [0.2, 0.25) is 0 Å². The van der Waals surface area contributed by atoms with Crippen LogP contribution in [0.3, 0.4) is 0 Å². The molecule has 3 N–H and O–H groups in total. The van der Waals surface area contributed by atoms with Crippen molar-refractivity contribution in [2.24, 2.45) is 18.9 Å². The molecule has 1 aromatic heterocycles. The number of amides is 1. The summed E-state index contributed by atoms with van der Waals surface area (Å²) in [6.07, 6.45) is 5.33. The molecule has 0 bridgehead atoms. The van der Waals surface area contributed by atoms with Gasteiger partial charge in [-0.2, -0.15) is 5.10 Å². The van der Waals surface area contributed by atoms with Crippen LogP contribution < -0.4 is 11.1 Å². The highest BCUT2D eigenvalue weighted by Crippen LogP contribution is 2.29. The van der Waals surface area contributed by atoms with E-state index in [0.717, 1.165) is 12.5 Å². The highest BCUT2D eigenvalue weighted by molar-refractivity contribution is 5.96. The van der Waals surface area contributed by atoms with Crippen LogP contribution >= 0.6 is 0 Å². The second-order valence-electron chi connectivity index (χ2n) is 5.10. The molecule has 0 aromatic carbocycles. The molecule has 1 saturated carbocycles. The molecule has 2 unspecified atom stereocenters. The number of hydrogen-bond donors (Lipinski definition) is 2. The second kappa shape index (κ2) is 4.77. The Labute approximate surface area is 101 Å². The molecule has 5 heteroatoms. The topological polar surface area (TPSA) is 72.9 Å². The van der Waals surface area contributed by atoms with Crippen LogP contribution in [-0.4, -0.2) is 22.2 Å². The van der Waals surface area contributed by atoms with Crippen LogP contribution in [0.15, 0.2) is 6.20 Å². The number of hydrogen-bond acceptors (Lipinski definition) is 3. The van der Waals surface area contributed by atoms with Gasteiger partial charge in [0.2, 0.25) is 0 Å². The van der Waals surface area contributed by atoms with Crippen molar-refractivity contribution in [2.75, 3.05) is 12.3 Å². The van der Waals surface area contributed by atoms with Gasteiger partial charge in [-0.1, -0.05) is 13.3 Å². The Bertz CT molecular complexity index is 413. The Morgan fingerprint density at radius 1 is 1.65 bits per heavy atom. The van der Waals surface area contributed by atoms with Crippen molar-refractivity contribution >= 4 is 11.6 Å². The third kappa shape index (κ3) is 2.78. The minimum absolute atomic E-state index is 0.164. The first-order valence-corrected chi connectivity index (χ1v) is 6.13. The Morgan fingerprint density at radius 3 is 2.94 bits per heavy atom. The number of nitrogens with one attached hydrogen (secondary N) is 1. The maximum absolute atomic E-state index is 11.9. The minimum atomic E-state index is -0.164. The van der Waals surface area contributed by atoms with Gasteiger partial charge in [0.1, 0.15) is 0 Å². The number of nitrogens with two attached hydrogens (primary N) is 1. The molecule has 0 saturated heterocycles. The van der Waals surface area contributed by atoms with Crippen LogP contribution in [0.1, 0.15) is 36.7 Å². The molecule has 1 aliphatic carbocycles. The summed E-state index contributed by atoms with van der Waals surface area (Å²) in [6.45, 7) is 3.00. The molecule has 1 amide bonds. The lowest BCUT2D eigenvalue weighted by molar-refractivity contribution is 0.0942. The molecular formula is C12H20N4O. The van der Waals surface area contributed by atoms with Crippen LogP contribution in [0.25, 0.3) is 0 Å². The molecule has 0 aliphatic heterocycles. The summed E-state index contributed by atoms with van der Waals surface area (Å²) >= 11 is 0. The fraction of sp³-hybridized carbons (Fsp3) is 0.667. The van der Waals surface area contributed by atoms with E-state index in [1.54, 1.807) is 17.9 Å². The van der Waals surface area contributed by atoms with Gasteiger partial charge in [-0.15, -0.1) is 0 Å². The Morgan fingerprint density at radius 2 is 2.41 bits per heavy atom. The van der Waals surface area contributed by atoms with Gasteiger partial charge in [-0.3, -0.25) is 9.48 Å². The predicted molar refractivity (Wildman–Crippen MR) is 66.5 cm³/mol. The predicted octanol–water partition coefficient (Wildman–Crippen LogP) is 1.17. The Balaban J connectivity index is 1.87. The average molecular weight is 236 g/mol. The summed E-state index contributed by atoms with van der Waals surface area (Å²) in [5, 5.41) is 6.97. The van der Waals surface area contributed by atoms with Crippen molar-refractivity contribution in [3.63, 3.8) is 0 Å². The van der Waals surface area contributed by atoms with Gasteiger partial charge >= 0.3 is 0 Å². The molecule has 94 valence electrons. The Hall–Kier alpha value is -1.52. The number of rotatable bonds is 3. The lowest BCUT2D eigenvalue weighted by Gasteiger charge is -2.10. The summed E-state index contributed by atoms with van der Waals surface area (Å²) in [5.74, 6) is 1.23. The smallest absolute Gasteiger partial charge is 0.273 e. The van der Waals surface area contributed by atoms with E-state index in [1.807, 2.05) is 0 Å². The number of carbonyl (C=O) groups is 1. The van der Waals surface area contributed by atoms with Crippen LogP contribution in [0, 0.1) is 11.8 Å². The quantitative estimate of drug-likeness (QED) is 0.827. The lowest BCUT2D eigenvalue weighted by atomic mass is 10.1. The van der Waals surface area contributed by atoms with E-state index in [-0.39, 0.29) is 5.91 Å². The first kappa shape index (κ1) is 12.0. The summed E-state index contributed by atoms with van der Waals surface area (Å²) in [4.78, 5) is 11.9. The number of nitrogens with zero attached hydrogens (tertiary/aromatic N) is 2. The summed E-state index contributed by atoms with van der Waals surface area (Å²) in [6, 6.07) is 0. The molecule has 1 fully saturated rings. The van der Waals surface area contributed by atoms with E-state index in [2.05, 4.69) is 17.3 Å². The van der Waals surface area contributed by atoms with E-state index < -0.39 is 0 Å². The van der Waals surface area contributed by atoms with Gasteiger partial charge in [-0.25, -0.2) is 0 Å². The maximum atomic E-state index is 11.9. The highest BCUT2D eigenvalue weighted by Gasteiger charge is 2.22. The molecule has 1 heterocycles. The molecule has 0 radical (unpaired) electrons. The Kier molecular flexibility index (Phi) is 3.36. The van der Waals surface area contributed by atoms with Gasteiger partial charge in [0.25, 0.3) is 5.91 Å². The largest absolute Gasteiger partial charge is 0.396 e. The summed E-state index contributed by atoms with van der Waals surface area (Å²) < 4.78 is 1.56. The third-order valence-electron chi connectivity index (χ3n) is 3.43. The van der Waals surface area contributed by atoms with Gasteiger partial charge < -0.3 is 11.1 Å². The van der Waals surface area contributed by atoms with Gasteiger partial charge in [0, 0.05) is 19.8 Å². The third-order valence-corrected chi connectivity index (χ3v) is 3.43. The van der Waals surface area contributed by atoms with Crippen molar-refractivity contribution < 1.29 is 4.79 Å². The van der Waals surface area contributed by atoms with E-state index in [9.17, 15) is 4.79 Å². The SMILES string of the molecule is CC1CCC(CNC(=O)c2nn(C)cc2N)C1. The fourth-order valence-electron chi connectivity index (χ4n) is 2.51. The van der Waals surface area contributed by atoms with Gasteiger partial charge in [0.05, 0.1) is 5.69 Å². The first-order valence-electron chi connectivity index (χ1n) is 6.13. The molecule has 5 nitrogen and oxygen atoms in total. The number of aromatic nitrogens is 2. The fourth-order valence-corrected chi connectivity index (χ4v) is 2.51. The van der Waals surface area contributed by atoms with Crippen LogP contribution in [0.4, 0.5) is 5.69 Å². The van der Waals surface area contributed by atoms with Crippen molar-refractivity contribution in [3.8, 4) is 0 Å². The van der Waals surface area contributed by atoms with Crippen molar-refractivity contribution in [1.29, 1.82) is 0 Å². The van der Waals surface area contributed by atoms with Crippen LogP contribution in [0.5, 0.6) is 0 Å². The van der Waals surface area contributed by atoms with Gasteiger partial charge in [0.15, 0.2) is 5.69 Å². The minimum Gasteiger partial charge on any atom is -0.396 e. The van der Waals surface area contributed by atoms with E-state index in [4.69, 9.17) is 5.73 Å². The van der Waals surface area contributed by atoms with Crippen LogP contribution in [-0.2, 0) is 7.05 Å². The molecular weight excluding hydrogens is 216 g/mol. The zero-order valence-corrected chi connectivity index (χ0v) is 10.4. The molecule has 17 heavy (non-hydrogen) atoms. The lowest BCUT2D eigenvalue weighted by Crippen LogP contribution is -2.29. The van der Waals surface area contributed by atoms with Crippen molar-refractivity contribution in [3.05, 3.63) is 11.9 Å². The summed E-state index contributed by atoms with van der Waals surface area (Å²) in [7, 11) is 1.76. The highest BCUT2D eigenvalue weighted by atomic mass is 16.1. The zero-order chi connectivity index (χ0) is 12.4. The number of carbonyl (C=O) groups excluding carboxylic acids is 1. The normalized spacial score (nSPS) is 23.9. The monoisotopic (exact) mass is 236 g/mol. The second-order valence-corrected chi connectivity index (χ2v) is 5.10. The zero-order valence-electron chi connectivity index (χ0n) is 10.4. The number of anilines is 1. The van der Waals surface area contributed by atoms with Crippen molar-refractivity contribution in [2.45, 2.75) is 26.2 Å². The van der Waals surface area contributed by atoms with E-state index >= 15 is 0 Å². The molecule has 2 atom stereocenters. The van der Waals surface area contributed by atoms with E-state index in [1.165, 1.54) is 19.3 Å². The van der Waals surface area contributed by atoms with E-state index in [0.29, 0.717) is 17.3 Å². The molecule has 1 aromatic rings. The summed E-state index contributed by atoms with van der Waals surface area (Å²) in [5.41, 5.74) is 6.47. The maximum Gasteiger partial charge on any atom is 0.273 e. The first-order chi connectivity index (χ1) is 8.06. The average Bonchev–Trinajstić information content (AvgIpc) is 2.81. The molecule has 0 spiro atoms.